The van der Waals surface area contributed by atoms with Crippen molar-refractivity contribution in [3.8, 4) is 5.88 Å². The first-order chi connectivity index (χ1) is 7.78. The highest BCUT2D eigenvalue weighted by Gasteiger charge is 2.15. The summed E-state index contributed by atoms with van der Waals surface area (Å²) >= 11 is 7.32. The smallest absolute Gasteiger partial charge is 0.218 e. The minimum Gasteiger partial charge on any atom is -0.476 e. The summed E-state index contributed by atoms with van der Waals surface area (Å²) in [6, 6.07) is 2.09. The van der Waals surface area contributed by atoms with Gasteiger partial charge in [-0.15, -0.1) is 0 Å². The standard InChI is InChI=1S/C10H14ClN3OS/c1-16-10-13-8(11)5-9(14-10)15-6-7-3-2-4-12-7/h5,7,12H,2-4,6H2,1H3/t7-/m1/s1. The molecule has 1 aliphatic heterocycles. The predicted molar refractivity (Wildman–Crippen MR) is 65.3 cm³/mol. The summed E-state index contributed by atoms with van der Waals surface area (Å²) in [5.74, 6) is 0.554. The van der Waals surface area contributed by atoms with E-state index in [2.05, 4.69) is 15.3 Å². The van der Waals surface area contributed by atoms with Gasteiger partial charge in [0.25, 0.3) is 0 Å². The zero-order chi connectivity index (χ0) is 11.4. The summed E-state index contributed by atoms with van der Waals surface area (Å²) in [4.78, 5) is 8.28. The Kier molecular flexibility index (Phi) is 4.26. The monoisotopic (exact) mass is 259 g/mol. The van der Waals surface area contributed by atoms with Gasteiger partial charge >= 0.3 is 0 Å². The third-order valence-electron chi connectivity index (χ3n) is 2.43. The fourth-order valence-corrected chi connectivity index (χ4v) is 2.22. The molecule has 0 aliphatic carbocycles. The van der Waals surface area contributed by atoms with Gasteiger partial charge in [-0.05, 0) is 25.6 Å². The van der Waals surface area contributed by atoms with Crippen LogP contribution in [-0.2, 0) is 0 Å². The number of ether oxygens (including phenoxy) is 1. The number of hydrogen-bond acceptors (Lipinski definition) is 5. The normalized spacial score (nSPS) is 20.0. The lowest BCUT2D eigenvalue weighted by Gasteiger charge is -2.11. The summed E-state index contributed by atoms with van der Waals surface area (Å²) < 4.78 is 5.60. The van der Waals surface area contributed by atoms with Crippen LogP contribution in [0.5, 0.6) is 5.88 Å². The average Bonchev–Trinajstić information content (AvgIpc) is 2.78. The fraction of sp³-hybridized carbons (Fsp3) is 0.600. The third kappa shape index (κ3) is 3.23. The highest BCUT2D eigenvalue weighted by molar-refractivity contribution is 7.98. The minimum atomic E-state index is 0.425. The van der Waals surface area contributed by atoms with Crippen LogP contribution < -0.4 is 10.1 Å². The summed E-state index contributed by atoms with van der Waals surface area (Å²) in [6.07, 6.45) is 4.29. The zero-order valence-electron chi connectivity index (χ0n) is 9.07. The highest BCUT2D eigenvalue weighted by Crippen LogP contribution is 2.19. The molecule has 1 aromatic heterocycles. The quantitative estimate of drug-likeness (QED) is 0.509. The minimum absolute atomic E-state index is 0.425. The molecule has 1 fully saturated rings. The number of nitrogens with zero attached hydrogens (tertiary/aromatic N) is 2. The molecule has 0 bridgehead atoms. The Morgan fingerprint density at radius 2 is 2.50 bits per heavy atom. The number of hydrogen-bond donors (Lipinski definition) is 1. The Hall–Kier alpha value is -0.520. The van der Waals surface area contributed by atoms with E-state index in [9.17, 15) is 0 Å². The molecule has 0 unspecified atom stereocenters. The molecule has 88 valence electrons. The van der Waals surface area contributed by atoms with Crippen LogP contribution in [0.2, 0.25) is 5.15 Å². The second kappa shape index (κ2) is 5.70. The van der Waals surface area contributed by atoms with Crippen molar-refractivity contribution in [3.05, 3.63) is 11.2 Å². The van der Waals surface area contributed by atoms with Crippen LogP contribution in [0.25, 0.3) is 0 Å². The van der Waals surface area contributed by atoms with E-state index in [1.165, 1.54) is 18.2 Å². The first-order valence-electron chi connectivity index (χ1n) is 5.22. The van der Waals surface area contributed by atoms with E-state index in [1.807, 2.05) is 6.26 Å². The maximum Gasteiger partial charge on any atom is 0.218 e. The summed E-state index contributed by atoms with van der Waals surface area (Å²) in [7, 11) is 0. The van der Waals surface area contributed by atoms with E-state index in [4.69, 9.17) is 16.3 Å². The second-order valence-corrected chi connectivity index (χ2v) is 4.78. The van der Waals surface area contributed by atoms with Gasteiger partial charge in [-0.3, -0.25) is 0 Å². The van der Waals surface area contributed by atoms with Gasteiger partial charge < -0.3 is 10.1 Å². The van der Waals surface area contributed by atoms with Gasteiger partial charge in [0, 0.05) is 12.1 Å². The van der Waals surface area contributed by atoms with Crippen molar-refractivity contribution in [2.75, 3.05) is 19.4 Å². The van der Waals surface area contributed by atoms with Crippen molar-refractivity contribution in [1.29, 1.82) is 0 Å². The summed E-state index contributed by atoms with van der Waals surface area (Å²) in [6.45, 7) is 1.72. The van der Waals surface area contributed by atoms with Crippen molar-refractivity contribution in [2.45, 2.75) is 24.0 Å². The van der Waals surface area contributed by atoms with Crippen LogP contribution in [-0.4, -0.2) is 35.4 Å². The average molecular weight is 260 g/mol. The largest absolute Gasteiger partial charge is 0.476 e. The van der Waals surface area contributed by atoms with E-state index in [0.29, 0.717) is 28.8 Å². The molecule has 2 rings (SSSR count). The van der Waals surface area contributed by atoms with Gasteiger partial charge in [0.05, 0.1) is 0 Å². The predicted octanol–water partition coefficient (Wildman–Crippen LogP) is 1.98. The Bertz CT molecular complexity index is 358. The van der Waals surface area contributed by atoms with E-state index in [0.717, 1.165) is 13.0 Å². The van der Waals surface area contributed by atoms with Crippen molar-refractivity contribution < 1.29 is 4.74 Å². The number of halogens is 1. The van der Waals surface area contributed by atoms with Crippen LogP contribution >= 0.6 is 23.4 Å². The van der Waals surface area contributed by atoms with Crippen molar-refractivity contribution in [1.82, 2.24) is 15.3 Å². The van der Waals surface area contributed by atoms with Crippen LogP contribution in [0.1, 0.15) is 12.8 Å². The molecule has 1 aromatic rings. The summed E-state index contributed by atoms with van der Waals surface area (Å²) in [5, 5.41) is 4.43. The lowest BCUT2D eigenvalue weighted by atomic mass is 10.2. The van der Waals surface area contributed by atoms with Crippen molar-refractivity contribution >= 4 is 23.4 Å². The summed E-state index contributed by atoms with van der Waals surface area (Å²) in [5.41, 5.74) is 0. The van der Waals surface area contributed by atoms with Crippen LogP contribution in [0.15, 0.2) is 11.2 Å². The molecule has 0 saturated carbocycles. The first-order valence-corrected chi connectivity index (χ1v) is 6.83. The van der Waals surface area contributed by atoms with Crippen LogP contribution in [0.3, 0.4) is 0 Å². The van der Waals surface area contributed by atoms with Crippen LogP contribution in [0.4, 0.5) is 0 Å². The molecule has 1 aliphatic rings. The van der Waals surface area contributed by atoms with Gasteiger partial charge in [0.2, 0.25) is 5.88 Å². The third-order valence-corrected chi connectivity index (χ3v) is 3.17. The number of nitrogens with one attached hydrogen (secondary N) is 1. The maximum absolute atomic E-state index is 5.86. The van der Waals surface area contributed by atoms with Gasteiger partial charge in [-0.1, -0.05) is 23.4 Å². The Labute approximate surface area is 104 Å². The van der Waals surface area contributed by atoms with E-state index in [1.54, 1.807) is 6.07 Å². The highest BCUT2D eigenvalue weighted by atomic mass is 35.5. The van der Waals surface area contributed by atoms with Gasteiger partial charge in [0.1, 0.15) is 11.8 Å². The molecule has 16 heavy (non-hydrogen) atoms. The van der Waals surface area contributed by atoms with Gasteiger partial charge in [0.15, 0.2) is 5.16 Å². The van der Waals surface area contributed by atoms with Gasteiger partial charge in [-0.25, -0.2) is 4.98 Å². The SMILES string of the molecule is CSc1nc(Cl)cc(OC[C@H]2CCCN2)n1. The molecule has 4 nitrogen and oxygen atoms in total. The van der Waals surface area contributed by atoms with Gasteiger partial charge in [-0.2, -0.15) is 4.98 Å². The Balaban J connectivity index is 1.94. The maximum atomic E-state index is 5.86. The molecule has 0 spiro atoms. The topological polar surface area (TPSA) is 47.0 Å². The molecule has 1 atom stereocenters. The molecule has 1 saturated heterocycles. The van der Waals surface area contributed by atoms with E-state index >= 15 is 0 Å². The van der Waals surface area contributed by atoms with E-state index < -0.39 is 0 Å². The first kappa shape index (κ1) is 12.0. The molecule has 2 heterocycles. The Morgan fingerprint density at radius 1 is 1.62 bits per heavy atom. The lowest BCUT2D eigenvalue weighted by molar-refractivity contribution is 0.265. The molecule has 1 N–H and O–H groups in total. The zero-order valence-corrected chi connectivity index (χ0v) is 10.6. The van der Waals surface area contributed by atoms with E-state index in [-0.39, 0.29) is 0 Å². The fourth-order valence-electron chi connectivity index (χ4n) is 1.63. The molecule has 6 heteroatoms. The second-order valence-electron chi connectivity index (χ2n) is 3.62. The number of aromatic nitrogens is 2. The molecule has 0 radical (unpaired) electrons. The number of thioether (sulfide) groups is 1. The van der Waals surface area contributed by atoms with Crippen molar-refractivity contribution in [3.63, 3.8) is 0 Å². The lowest BCUT2D eigenvalue weighted by Crippen LogP contribution is -2.28. The molecule has 0 amide bonds. The molecule has 0 aromatic carbocycles. The molecular formula is C10H14ClN3OS. The van der Waals surface area contributed by atoms with Crippen molar-refractivity contribution in [2.24, 2.45) is 0 Å². The molecular weight excluding hydrogens is 246 g/mol. The number of rotatable bonds is 4. The van der Waals surface area contributed by atoms with Crippen LogP contribution in [0, 0.1) is 0 Å². The Morgan fingerprint density at radius 3 is 3.19 bits per heavy atom.